The minimum Gasteiger partial charge on any atom is -0.876 e. The van der Waals surface area contributed by atoms with Crippen LogP contribution in [-0.2, 0) is 32.3 Å². The predicted octanol–water partition coefficient (Wildman–Crippen LogP) is 2.01. The molecule has 2 radical (unpaired) electrons. The van der Waals surface area contributed by atoms with E-state index in [0.29, 0.717) is 71.6 Å². The second kappa shape index (κ2) is 38.0. The van der Waals surface area contributed by atoms with E-state index in [4.69, 9.17) is 23.2 Å². The summed E-state index contributed by atoms with van der Waals surface area (Å²) in [5.74, 6) is -1.61. The average Bonchev–Trinajstić information content (AvgIpc) is 3.05. The van der Waals surface area contributed by atoms with Crippen LogP contribution in [0.2, 0.25) is 10.0 Å². The van der Waals surface area contributed by atoms with Crippen LogP contribution in [0.5, 0.6) is 11.5 Å². The number of nitrogens with zero attached hydrogens (tertiary/aromatic N) is 2. The molecule has 18 heteroatoms. The summed E-state index contributed by atoms with van der Waals surface area (Å²) < 4.78 is 0. The standard InChI is InChI=1S/C22H26Cl2N4O2.4C5H8O2.2Tb/c23-19-7-15-11-25-3-1-4-26-12-16-8-20(24)10-18(22(16)30)14-28-6-2-5-27-13-17(9-19)21(15)29;4*1-4(6)3-5(2)7;;/h7-11,14,26-27,29-30H,1-6,12-13H2;4*3,6H,1-2H3;;/q;;;;;2*+4/p-6/b;4*4-3-;;. The molecule has 1 heterocycles. The minimum absolute atomic E-state index is 0. The van der Waals surface area contributed by atoms with Gasteiger partial charge in [-0.05, 0) is 124 Å². The molecule has 4 bridgehead atoms. The first-order valence-electron chi connectivity index (χ1n) is 17.9. The molecule has 0 fully saturated rings. The first-order chi connectivity index (χ1) is 27.0. The van der Waals surface area contributed by atoms with E-state index in [0.717, 1.165) is 37.1 Å². The van der Waals surface area contributed by atoms with Crippen LogP contribution < -0.4 is 41.3 Å². The Morgan fingerprint density at radius 2 is 0.800 bits per heavy atom. The third-order valence-electron chi connectivity index (χ3n) is 6.32. The zero-order valence-corrected chi connectivity index (χ0v) is 40.6. The second-order valence-electron chi connectivity index (χ2n) is 12.6. The van der Waals surface area contributed by atoms with Crippen LogP contribution in [0.4, 0.5) is 0 Å². The van der Waals surface area contributed by atoms with E-state index in [1.54, 1.807) is 36.7 Å². The van der Waals surface area contributed by atoms with Gasteiger partial charge in [0.2, 0.25) is 0 Å². The summed E-state index contributed by atoms with van der Waals surface area (Å²) in [4.78, 5) is 48.6. The number of ketones is 4. The Morgan fingerprint density at radius 1 is 0.533 bits per heavy atom. The van der Waals surface area contributed by atoms with Crippen LogP contribution in [-0.4, -0.2) is 61.7 Å². The van der Waals surface area contributed by atoms with E-state index in [2.05, 4.69) is 20.6 Å². The Kier molecular flexibility index (Phi) is 40.5. The van der Waals surface area contributed by atoms with Gasteiger partial charge in [-0.25, -0.2) is 0 Å². The van der Waals surface area contributed by atoms with Crippen molar-refractivity contribution in [2.24, 2.45) is 9.98 Å². The van der Waals surface area contributed by atoms with E-state index < -0.39 is 0 Å². The van der Waals surface area contributed by atoms with Crippen molar-refractivity contribution in [2.75, 3.05) is 26.2 Å². The number of allylic oxidation sites excluding steroid dienone is 8. The number of hydrogen-bond acceptors (Lipinski definition) is 14. The molecule has 0 aromatic heterocycles. The number of carbonyl (C=O) groups is 4. The van der Waals surface area contributed by atoms with E-state index in [-0.39, 0.29) is 135 Å². The Hall–Kier alpha value is -2.71. The Bertz CT molecular complexity index is 1640. The van der Waals surface area contributed by atoms with Crippen molar-refractivity contribution in [3.8, 4) is 11.5 Å². The first kappa shape index (κ1) is 63.9. The van der Waals surface area contributed by atoms with Gasteiger partial charge in [0.1, 0.15) is 0 Å². The molecule has 0 saturated carbocycles. The summed E-state index contributed by atoms with van der Waals surface area (Å²) in [5, 5.41) is 72.6. The van der Waals surface area contributed by atoms with Crippen molar-refractivity contribution in [1.82, 2.24) is 10.6 Å². The Morgan fingerprint density at radius 3 is 1.02 bits per heavy atom. The third-order valence-corrected chi connectivity index (χ3v) is 6.75. The summed E-state index contributed by atoms with van der Waals surface area (Å²) in [6, 6.07) is 6.66. The van der Waals surface area contributed by atoms with Gasteiger partial charge in [-0.3, -0.25) is 29.2 Å². The number of hydrogen-bond donors (Lipinski definition) is 2. The summed E-state index contributed by atoms with van der Waals surface area (Å²) in [7, 11) is 0. The van der Waals surface area contributed by atoms with Crippen LogP contribution >= 0.6 is 23.2 Å². The molecule has 2 aromatic rings. The number of carbonyl (C=O) groups excluding carboxylic acids is 4. The van der Waals surface area contributed by atoms with Gasteiger partial charge in [0, 0.05) is 48.7 Å². The van der Waals surface area contributed by atoms with E-state index in [1.807, 2.05) is 0 Å². The van der Waals surface area contributed by atoms with Gasteiger partial charge in [0.15, 0.2) is 23.1 Å². The van der Waals surface area contributed by atoms with Crippen LogP contribution in [0.3, 0.4) is 0 Å². The van der Waals surface area contributed by atoms with Crippen LogP contribution in [0.1, 0.15) is 90.5 Å². The van der Waals surface area contributed by atoms with Crippen LogP contribution in [0.25, 0.3) is 0 Å². The quantitative estimate of drug-likeness (QED) is 0.330. The van der Waals surface area contributed by atoms with Gasteiger partial charge < -0.3 is 41.3 Å². The molecular weight excluding hydrogens is 1110 g/mol. The largest absolute Gasteiger partial charge is 4.00 e. The maximum atomic E-state index is 12.6. The molecule has 14 nitrogen and oxygen atoms in total. The normalized spacial score (nSPS) is 13.5. The number of fused-ring (bicyclic) bond motifs is 4. The van der Waals surface area contributed by atoms with Gasteiger partial charge in [0.05, 0.1) is 0 Å². The van der Waals surface area contributed by atoms with Crippen molar-refractivity contribution < 1.29 is 127 Å². The number of rotatable bonds is 4. The molecule has 0 amide bonds. The van der Waals surface area contributed by atoms with Gasteiger partial charge in [-0.2, -0.15) is 0 Å². The molecule has 1 aliphatic rings. The summed E-state index contributed by atoms with van der Waals surface area (Å²) in [6.07, 6.45) is 8.93. The van der Waals surface area contributed by atoms with Crippen LogP contribution in [0.15, 0.2) is 81.6 Å². The maximum Gasteiger partial charge on any atom is 4.00 e. The number of nitrogens with one attached hydrogen (secondary N) is 2. The molecule has 1 aliphatic heterocycles. The van der Waals surface area contributed by atoms with Gasteiger partial charge in [-0.1, -0.05) is 62.4 Å². The average molecular weight is 1160 g/mol. The summed E-state index contributed by atoms with van der Waals surface area (Å²) in [6.45, 7) is 14.1. The van der Waals surface area contributed by atoms with Crippen molar-refractivity contribution >= 4 is 58.8 Å². The van der Waals surface area contributed by atoms with Gasteiger partial charge >= 0.3 is 77.2 Å². The fourth-order valence-electron chi connectivity index (χ4n) is 4.31. The fraction of sp³-hybridized carbons (Fsp3) is 0.381. The zero-order chi connectivity index (χ0) is 44.8. The molecule has 0 atom stereocenters. The molecule has 2 aromatic carbocycles. The van der Waals surface area contributed by atoms with Crippen molar-refractivity contribution in [3.05, 3.63) is 104 Å². The molecule has 3 rings (SSSR count). The first-order valence-corrected chi connectivity index (χ1v) is 18.6. The molecule has 0 unspecified atom stereocenters. The van der Waals surface area contributed by atoms with Gasteiger partial charge in [-0.15, -0.1) is 23.0 Å². The topological polar surface area (TPSA) is 255 Å². The Balaban J connectivity index is -0.000000425. The molecule has 2 N–H and O–H groups in total. The molecule has 0 saturated heterocycles. The van der Waals surface area contributed by atoms with E-state index >= 15 is 0 Å². The van der Waals surface area contributed by atoms with Crippen LogP contribution in [0, 0.1) is 77.2 Å². The number of halogens is 2. The molecular formula is C42H52Cl2N4O10Tb2+2. The smallest absolute Gasteiger partial charge is 0.876 e. The predicted molar refractivity (Wildman–Crippen MR) is 217 cm³/mol. The second-order valence-corrected chi connectivity index (χ2v) is 13.4. The monoisotopic (exact) mass is 1160 g/mol. The maximum absolute atomic E-state index is 12.6. The molecule has 0 aliphatic carbocycles. The molecule has 0 spiro atoms. The number of benzene rings is 2. The van der Waals surface area contributed by atoms with Crippen molar-refractivity contribution in [2.45, 2.75) is 81.3 Å². The van der Waals surface area contributed by atoms with Crippen molar-refractivity contribution in [1.29, 1.82) is 0 Å². The molecule has 330 valence electrons. The summed E-state index contributed by atoms with van der Waals surface area (Å²) >= 11 is 12.3. The van der Waals surface area contributed by atoms with E-state index in [9.17, 15) is 49.8 Å². The number of aliphatic imine (C=N–C) groups is 2. The third kappa shape index (κ3) is 38.2. The van der Waals surface area contributed by atoms with Crippen molar-refractivity contribution in [3.63, 3.8) is 0 Å². The SMILES string of the molecule is CC(=O)/C=C(/C)[O-].CC(=O)/C=C(/C)[O-].CC(=O)/C=C(/C)[O-].CC(=O)/C=C(/C)[O-].[O-]c1c2cc(Cl)cc1CNCCCN=Cc1cc(Cl)cc(c1[O-])CNCCCN=C2.[Tb+4].[Tb+4]. The minimum atomic E-state index is -0.187. The van der Waals surface area contributed by atoms with E-state index in [1.165, 1.54) is 55.4 Å². The fourth-order valence-corrected chi connectivity index (χ4v) is 4.81. The zero-order valence-electron chi connectivity index (χ0n) is 34.8. The summed E-state index contributed by atoms with van der Waals surface area (Å²) in [5.41, 5.74) is 2.22. The Labute approximate surface area is 424 Å². The van der Waals surface area contributed by atoms with Gasteiger partial charge in [0.25, 0.3) is 0 Å². The molecule has 60 heavy (non-hydrogen) atoms.